The molecular formula is C15H21ClN4O. The Morgan fingerprint density at radius 1 is 1.33 bits per heavy atom. The fourth-order valence-electron chi connectivity index (χ4n) is 2.17. The summed E-state index contributed by atoms with van der Waals surface area (Å²) >= 11 is 6.32. The number of hydrogen-bond donors (Lipinski definition) is 1. The Balaban J connectivity index is 2.18. The summed E-state index contributed by atoms with van der Waals surface area (Å²) in [5.41, 5.74) is 9.22. The van der Waals surface area contributed by atoms with Gasteiger partial charge in [0, 0.05) is 19.2 Å². The van der Waals surface area contributed by atoms with Crippen LogP contribution in [0.15, 0.2) is 12.1 Å². The van der Waals surface area contributed by atoms with Crippen molar-refractivity contribution >= 4 is 11.6 Å². The second-order valence-electron chi connectivity index (χ2n) is 4.91. The minimum absolute atomic E-state index is 0.366. The zero-order valence-corrected chi connectivity index (χ0v) is 13.4. The SMILES string of the molecule is CCc1nn(C)c(COc2ccc(C)nc2CCN)c1Cl. The van der Waals surface area contributed by atoms with Gasteiger partial charge in [0.2, 0.25) is 0 Å². The number of ether oxygens (including phenoxy) is 1. The first-order valence-electron chi connectivity index (χ1n) is 7.06. The fraction of sp³-hybridized carbons (Fsp3) is 0.467. The molecule has 0 atom stereocenters. The molecule has 0 radical (unpaired) electrons. The molecular weight excluding hydrogens is 288 g/mol. The van der Waals surface area contributed by atoms with E-state index in [1.54, 1.807) is 4.68 Å². The standard InChI is InChI=1S/C15H21ClN4O/c1-4-11-15(16)13(20(3)19-11)9-21-14-6-5-10(2)18-12(14)7-8-17/h5-6H,4,7-9,17H2,1-3H3. The van der Waals surface area contributed by atoms with Gasteiger partial charge >= 0.3 is 0 Å². The van der Waals surface area contributed by atoms with Gasteiger partial charge < -0.3 is 10.5 Å². The van der Waals surface area contributed by atoms with E-state index in [9.17, 15) is 0 Å². The Kier molecular flexibility index (Phi) is 5.20. The highest BCUT2D eigenvalue weighted by atomic mass is 35.5. The second-order valence-corrected chi connectivity index (χ2v) is 5.29. The van der Waals surface area contributed by atoms with Crippen LogP contribution in [0.5, 0.6) is 5.75 Å². The van der Waals surface area contributed by atoms with Gasteiger partial charge in [0.15, 0.2) is 0 Å². The molecule has 0 spiro atoms. The summed E-state index contributed by atoms with van der Waals surface area (Å²) in [6, 6.07) is 3.86. The zero-order chi connectivity index (χ0) is 15.4. The lowest BCUT2D eigenvalue weighted by molar-refractivity contribution is 0.290. The number of aromatic nitrogens is 3. The number of aryl methyl sites for hydroxylation is 3. The van der Waals surface area contributed by atoms with Crippen molar-refractivity contribution in [1.82, 2.24) is 14.8 Å². The van der Waals surface area contributed by atoms with E-state index in [-0.39, 0.29) is 0 Å². The van der Waals surface area contributed by atoms with E-state index in [1.165, 1.54) is 0 Å². The van der Waals surface area contributed by atoms with E-state index in [0.717, 1.165) is 34.9 Å². The van der Waals surface area contributed by atoms with Gasteiger partial charge in [0.1, 0.15) is 12.4 Å². The van der Waals surface area contributed by atoms with Crippen LogP contribution in [-0.2, 0) is 26.5 Å². The maximum Gasteiger partial charge on any atom is 0.141 e. The molecule has 2 aromatic heterocycles. The molecule has 0 aliphatic rings. The molecule has 0 bridgehead atoms. The average molecular weight is 309 g/mol. The number of rotatable bonds is 6. The van der Waals surface area contributed by atoms with Crippen molar-refractivity contribution in [3.8, 4) is 5.75 Å². The zero-order valence-electron chi connectivity index (χ0n) is 12.7. The molecule has 0 aliphatic carbocycles. The highest BCUT2D eigenvalue weighted by Gasteiger charge is 2.14. The lowest BCUT2D eigenvalue weighted by atomic mass is 10.2. The monoisotopic (exact) mass is 308 g/mol. The first kappa shape index (κ1) is 15.8. The molecule has 2 aromatic rings. The Morgan fingerprint density at radius 2 is 2.10 bits per heavy atom. The van der Waals surface area contributed by atoms with Gasteiger partial charge in [0.25, 0.3) is 0 Å². The summed E-state index contributed by atoms with van der Waals surface area (Å²) < 4.78 is 7.66. The minimum atomic E-state index is 0.366. The van der Waals surface area contributed by atoms with Crippen molar-refractivity contribution in [2.24, 2.45) is 12.8 Å². The third-order valence-corrected chi connectivity index (χ3v) is 3.76. The number of halogens is 1. The first-order chi connectivity index (χ1) is 10.1. The van der Waals surface area contributed by atoms with E-state index >= 15 is 0 Å². The van der Waals surface area contributed by atoms with Crippen molar-refractivity contribution in [2.75, 3.05) is 6.54 Å². The van der Waals surface area contributed by atoms with Crippen molar-refractivity contribution < 1.29 is 4.74 Å². The first-order valence-corrected chi connectivity index (χ1v) is 7.44. The lowest BCUT2D eigenvalue weighted by Crippen LogP contribution is -2.09. The Labute approximate surface area is 130 Å². The summed E-state index contributed by atoms with van der Waals surface area (Å²) in [6.07, 6.45) is 1.49. The molecule has 0 saturated heterocycles. The molecule has 0 aromatic carbocycles. The second kappa shape index (κ2) is 6.91. The van der Waals surface area contributed by atoms with Gasteiger partial charge in [-0.2, -0.15) is 5.10 Å². The van der Waals surface area contributed by atoms with Crippen LogP contribution in [0.4, 0.5) is 0 Å². The number of pyridine rings is 1. The maximum absolute atomic E-state index is 6.32. The summed E-state index contributed by atoms with van der Waals surface area (Å²) in [5, 5.41) is 5.06. The van der Waals surface area contributed by atoms with E-state index in [1.807, 2.05) is 33.0 Å². The molecule has 6 heteroatoms. The maximum atomic E-state index is 6.32. The van der Waals surface area contributed by atoms with Crippen molar-refractivity contribution in [1.29, 1.82) is 0 Å². The molecule has 0 fully saturated rings. The van der Waals surface area contributed by atoms with E-state index < -0.39 is 0 Å². The largest absolute Gasteiger partial charge is 0.485 e. The van der Waals surface area contributed by atoms with Crippen LogP contribution in [-0.4, -0.2) is 21.3 Å². The van der Waals surface area contributed by atoms with Crippen LogP contribution >= 0.6 is 11.6 Å². The Hall–Kier alpha value is -1.59. The number of nitrogens with zero attached hydrogens (tertiary/aromatic N) is 3. The van der Waals surface area contributed by atoms with Crippen LogP contribution in [0.2, 0.25) is 5.02 Å². The topological polar surface area (TPSA) is 66.0 Å². The van der Waals surface area contributed by atoms with Gasteiger partial charge in [-0.3, -0.25) is 9.67 Å². The number of nitrogens with two attached hydrogens (primary N) is 1. The molecule has 21 heavy (non-hydrogen) atoms. The summed E-state index contributed by atoms with van der Waals surface area (Å²) in [7, 11) is 1.87. The van der Waals surface area contributed by atoms with Crippen molar-refractivity contribution in [2.45, 2.75) is 33.3 Å². The minimum Gasteiger partial charge on any atom is -0.485 e. The van der Waals surface area contributed by atoms with Crippen LogP contribution in [0.3, 0.4) is 0 Å². The summed E-state index contributed by atoms with van der Waals surface area (Å²) in [5.74, 6) is 0.751. The molecule has 114 valence electrons. The van der Waals surface area contributed by atoms with Crippen molar-refractivity contribution in [3.63, 3.8) is 0 Å². The predicted molar refractivity (Wildman–Crippen MR) is 83.7 cm³/mol. The third kappa shape index (κ3) is 3.54. The highest BCUT2D eigenvalue weighted by molar-refractivity contribution is 6.31. The van der Waals surface area contributed by atoms with Crippen LogP contribution < -0.4 is 10.5 Å². The molecule has 2 heterocycles. The predicted octanol–water partition coefficient (Wildman–Crippen LogP) is 2.42. The van der Waals surface area contributed by atoms with Gasteiger partial charge in [-0.1, -0.05) is 18.5 Å². The lowest BCUT2D eigenvalue weighted by Gasteiger charge is -2.11. The smallest absolute Gasteiger partial charge is 0.141 e. The summed E-state index contributed by atoms with van der Waals surface area (Å²) in [4.78, 5) is 4.48. The van der Waals surface area contributed by atoms with Gasteiger partial charge in [-0.25, -0.2) is 0 Å². The fourth-order valence-corrected chi connectivity index (χ4v) is 2.52. The number of hydrogen-bond acceptors (Lipinski definition) is 4. The average Bonchev–Trinajstić information content (AvgIpc) is 2.73. The van der Waals surface area contributed by atoms with Gasteiger partial charge in [-0.15, -0.1) is 0 Å². The Bertz CT molecular complexity index is 624. The molecule has 2 N–H and O–H groups in total. The molecule has 0 saturated carbocycles. The molecule has 0 aliphatic heterocycles. The molecule has 5 nitrogen and oxygen atoms in total. The van der Waals surface area contributed by atoms with Crippen LogP contribution in [0, 0.1) is 6.92 Å². The third-order valence-electron chi connectivity index (χ3n) is 3.32. The summed E-state index contributed by atoms with van der Waals surface area (Å²) in [6.45, 7) is 4.89. The molecule has 0 amide bonds. The van der Waals surface area contributed by atoms with E-state index in [4.69, 9.17) is 22.1 Å². The quantitative estimate of drug-likeness (QED) is 0.890. The van der Waals surface area contributed by atoms with E-state index in [2.05, 4.69) is 10.1 Å². The Morgan fingerprint density at radius 3 is 2.71 bits per heavy atom. The molecule has 2 rings (SSSR count). The highest BCUT2D eigenvalue weighted by Crippen LogP contribution is 2.24. The van der Waals surface area contributed by atoms with Crippen LogP contribution in [0.1, 0.15) is 29.7 Å². The van der Waals surface area contributed by atoms with E-state index in [0.29, 0.717) is 24.6 Å². The normalized spacial score (nSPS) is 10.9. The van der Waals surface area contributed by atoms with Crippen LogP contribution in [0.25, 0.3) is 0 Å². The van der Waals surface area contributed by atoms with Crippen molar-refractivity contribution in [3.05, 3.63) is 39.9 Å². The van der Waals surface area contributed by atoms with Gasteiger partial charge in [-0.05, 0) is 32.0 Å². The molecule has 0 unspecified atom stereocenters. The van der Waals surface area contributed by atoms with Gasteiger partial charge in [0.05, 0.1) is 22.1 Å².